The van der Waals surface area contributed by atoms with Crippen LogP contribution in [-0.2, 0) is 4.79 Å². The summed E-state index contributed by atoms with van der Waals surface area (Å²) in [7, 11) is 3.17. The summed E-state index contributed by atoms with van der Waals surface area (Å²) < 4.78 is 10.4. The second-order valence-corrected chi connectivity index (χ2v) is 3.64. The van der Waals surface area contributed by atoms with Gasteiger partial charge in [-0.3, -0.25) is 0 Å². The molecule has 0 aliphatic rings. The topological polar surface area (TPSA) is 67.8 Å². The summed E-state index contributed by atoms with van der Waals surface area (Å²) in [6.07, 6.45) is 2.63. The van der Waals surface area contributed by atoms with Crippen molar-refractivity contribution in [2.75, 3.05) is 26.1 Å². The molecule has 0 unspecified atom stereocenters. The smallest absolute Gasteiger partial charge is 0.328 e. The molecule has 0 saturated carbocycles. The number of carbonyl (C=O) groups is 1. The average Bonchev–Trinajstić information content (AvgIpc) is 2.34. The van der Waals surface area contributed by atoms with Gasteiger partial charge in [0.1, 0.15) is 11.5 Å². The first-order valence-electron chi connectivity index (χ1n) is 5.44. The van der Waals surface area contributed by atoms with E-state index in [9.17, 15) is 4.79 Å². The first-order valence-corrected chi connectivity index (χ1v) is 5.44. The van der Waals surface area contributed by atoms with Crippen molar-refractivity contribution in [2.45, 2.75) is 6.92 Å². The van der Waals surface area contributed by atoms with E-state index in [1.54, 1.807) is 20.3 Å². The number of rotatable bonds is 6. The zero-order valence-electron chi connectivity index (χ0n) is 10.7. The molecule has 2 N–H and O–H groups in total. The van der Waals surface area contributed by atoms with Crippen molar-refractivity contribution in [1.29, 1.82) is 0 Å². The second kappa shape index (κ2) is 6.54. The minimum Gasteiger partial charge on any atom is -0.497 e. The van der Waals surface area contributed by atoms with Crippen LogP contribution in [0.2, 0.25) is 0 Å². The lowest BCUT2D eigenvalue weighted by Crippen LogP contribution is -2.04. The Kier molecular flexibility index (Phi) is 5.05. The summed E-state index contributed by atoms with van der Waals surface area (Å²) >= 11 is 0. The molecule has 0 radical (unpaired) electrons. The number of nitrogens with one attached hydrogen (secondary N) is 1. The first kappa shape index (κ1) is 13.9. The third-order valence-corrected chi connectivity index (χ3v) is 2.39. The lowest BCUT2D eigenvalue weighted by molar-refractivity contribution is -0.131. The van der Waals surface area contributed by atoms with Crippen LogP contribution in [0, 0.1) is 6.92 Å². The van der Waals surface area contributed by atoms with Gasteiger partial charge in [-0.15, -0.1) is 0 Å². The predicted octanol–water partition coefficient (Wildman–Crippen LogP) is 2.06. The molecule has 0 saturated heterocycles. The van der Waals surface area contributed by atoms with Crippen molar-refractivity contribution < 1.29 is 19.4 Å². The average molecular weight is 251 g/mol. The molecule has 98 valence electrons. The zero-order valence-corrected chi connectivity index (χ0v) is 10.7. The van der Waals surface area contributed by atoms with Crippen LogP contribution in [0.25, 0.3) is 0 Å². The highest BCUT2D eigenvalue weighted by molar-refractivity contribution is 5.79. The Labute approximate surface area is 106 Å². The van der Waals surface area contributed by atoms with Gasteiger partial charge >= 0.3 is 5.97 Å². The molecule has 5 heteroatoms. The maximum atomic E-state index is 10.3. The molecule has 0 aromatic heterocycles. The van der Waals surface area contributed by atoms with Crippen LogP contribution in [0.15, 0.2) is 24.3 Å². The molecule has 1 aromatic rings. The van der Waals surface area contributed by atoms with Crippen LogP contribution in [0.5, 0.6) is 11.5 Å². The summed E-state index contributed by atoms with van der Waals surface area (Å²) in [5, 5.41) is 11.6. The van der Waals surface area contributed by atoms with Crippen LogP contribution < -0.4 is 14.8 Å². The Morgan fingerprint density at radius 2 is 2.11 bits per heavy atom. The fraction of sp³-hybridized carbons (Fsp3) is 0.308. The van der Waals surface area contributed by atoms with Gasteiger partial charge in [0.25, 0.3) is 0 Å². The van der Waals surface area contributed by atoms with Crippen LogP contribution in [0.1, 0.15) is 5.56 Å². The molecule has 18 heavy (non-hydrogen) atoms. The lowest BCUT2D eigenvalue weighted by Gasteiger charge is -2.14. The Balaban J connectivity index is 2.84. The fourth-order valence-electron chi connectivity index (χ4n) is 1.55. The SMILES string of the molecule is COc1cc(C)c(NC/C=C/C(=O)O)c(OC)c1. The number of hydrogen-bond donors (Lipinski definition) is 2. The monoisotopic (exact) mass is 251 g/mol. The van der Waals surface area contributed by atoms with Gasteiger partial charge in [-0.25, -0.2) is 4.79 Å². The molecule has 0 atom stereocenters. The highest BCUT2D eigenvalue weighted by atomic mass is 16.5. The number of carboxylic acids is 1. The van der Waals surface area contributed by atoms with E-state index in [-0.39, 0.29) is 0 Å². The van der Waals surface area contributed by atoms with Crippen molar-refractivity contribution in [3.8, 4) is 11.5 Å². The van der Waals surface area contributed by atoms with Gasteiger partial charge in [-0.05, 0) is 18.6 Å². The normalized spacial score (nSPS) is 10.4. The van der Waals surface area contributed by atoms with Crippen molar-refractivity contribution in [3.05, 3.63) is 29.8 Å². The minimum atomic E-state index is -0.963. The van der Waals surface area contributed by atoms with E-state index in [0.717, 1.165) is 23.1 Å². The van der Waals surface area contributed by atoms with Gasteiger partial charge in [-0.2, -0.15) is 0 Å². The number of benzene rings is 1. The second-order valence-electron chi connectivity index (χ2n) is 3.64. The Bertz CT molecular complexity index is 455. The van der Waals surface area contributed by atoms with Crippen LogP contribution in [0.4, 0.5) is 5.69 Å². The van der Waals surface area contributed by atoms with Crippen LogP contribution >= 0.6 is 0 Å². The number of carboxylic acid groups (broad SMARTS) is 1. The Hall–Kier alpha value is -2.17. The lowest BCUT2D eigenvalue weighted by atomic mass is 10.1. The molecular formula is C13H17NO4. The minimum absolute atomic E-state index is 0.413. The maximum absolute atomic E-state index is 10.3. The van der Waals surface area contributed by atoms with Crippen LogP contribution in [-0.4, -0.2) is 31.8 Å². The molecular weight excluding hydrogens is 234 g/mol. The molecule has 0 spiro atoms. The molecule has 1 rings (SSSR count). The van der Waals surface area contributed by atoms with Gasteiger partial charge in [0.15, 0.2) is 0 Å². The van der Waals surface area contributed by atoms with Crippen molar-refractivity contribution >= 4 is 11.7 Å². The van der Waals surface area contributed by atoms with Gasteiger partial charge in [-0.1, -0.05) is 6.08 Å². The molecule has 1 aromatic carbocycles. The Morgan fingerprint density at radius 1 is 1.39 bits per heavy atom. The number of aliphatic carboxylic acids is 1. The highest BCUT2D eigenvalue weighted by Crippen LogP contribution is 2.32. The number of anilines is 1. The number of aryl methyl sites for hydroxylation is 1. The van der Waals surface area contributed by atoms with Crippen molar-refractivity contribution in [2.24, 2.45) is 0 Å². The molecule has 0 aliphatic heterocycles. The standard InChI is InChI=1S/C13H17NO4/c1-9-7-10(17-2)8-11(18-3)13(9)14-6-4-5-12(15)16/h4-5,7-8,14H,6H2,1-3H3,(H,15,16)/b5-4+. The van der Waals surface area contributed by atoms with Gasteiger partial charge in [0.05, 0.1) is 19.9 Å². The van der Waals surface area contributed by atoms with E-state index < -0.39 is 5.97 Å². The van der Waals surface area contributed by atoms with Gasteiger partial charge in [0, 0.05) is 18.7 Å². The summed E-state index contributed by atoms with van der Waals surface area (Å²) in [6, 6.07) is 3.65. The summed E-state index contributed by atoms with van der Waals surface area (Å²) in [6.45, 7) is 2.34. The van der Waals surface area contributed by atoms with Crippen molar-refractivity contribution in [3.63, 3.8) is 0 Å². The van der Waals surface area contributed by atoms with E-state index in [0.29, 0.717) is 12.3 Å². The number of ether oxygens (including phenoxy) is 2. The van der Waals surface area contributed by atoms with E-state index in [1.807, 2.05) is 13.0 Å². The molecule has 0 heterocycles. The maximum Gasteiger partial charge on any atom is 0.328 e. The van der Waals surface area contributed by atoms with Crippen molar-refractivity contribution in [1.82, 2.24) is 0 Å². The van der Waals surface area contributed by atoms with E-state index in [1.165, 1.54) is 6.08 Å². The van der Waals surface area contributed by atoms with E-state index >= 15 is 0 Å². The Morgan fingerprint density at radius 3 is 2.67 bits per heavy atom. The third-order valence-electron chi connectivity index (χ3n) is 2.39. The van der Waals surface area contributed by atoms with E-state index in [2.05, 4.69) is 5.32 Å². The zero-order chi connectivity index (χ0) is 13.5. The number of hydrogen-bond acceptors (Lipinski definition) is 4. The quantitative estimate of drug-likeness (QED) is 0.757. The third kappa shape index (κ3) is 3.69. The largest absolute Gasteiger partial charge is 0.497 e. The molecule has 0 bridgehead atoms. The number of methoxy groups -OCH3 is 2. The first-order chi connectivity index (χ1) is 8.58. The molecule has 0 amide bonds. The highest BCUT2D eigenvalue weighted by Gasteiger charge is 2.08. The summed E-state index contributed by atoms with van der Waals surface area (Å²) in [5.74, 6) is 0.418. The van der Waals surface area contributed by atoms with Gasteiger partial charge < -0.3 is 19.9 Å². The summed E-state index contributed by atoms with van der Waals surface area (Å²) in [4.78, 5) is 10.3. The predicted molar refractivity (Wildman–Crippen MR) is 69.5 cm³/mol. The van der Waals surface area contributed by atoms with Gasteiger partial charge in [0.2, 0.25) is 0 Å². The molecule has 0 aliphatic carbocycles. The molecule has 0 fully saturated rings. The van der Waals surface area contributed by atoms with E-state index in [4.69, 9.17) is 14.6 Å². The van der Waals surface area contributed by atoms with Crippen LogP contribution in [0.3, 0.4) is 0 Å². The summed E-state index contributed by atoms with van der Waals surface area (Å²) in [5.41, 5.74) is 1.79. The molecule has 5 nitrogen and oxygen atoms in total. The fourth-order valence-corrected chi connectivity index (χ4v) is 1.55.